The Hall–Kier alpha value is -1.28. The SMILES string of the molecule is CCCCCC/C=C/CC/C=C/CC/C=C/C(O)C(COP(=O)(O)OCCN)NC(=O)CCCCCCCCCCCCCCCCCCCC. The number of hydrogen-bond donors (Lipinski definition) is 4. The van der Waals surface area contributed by atoms with Gasteiger partial charge >= 0.3 is 7.82 Å². The van der Waals surface area contributed by atoms with E-state index < -0.39 is 20.0 Å². The van der Waals surface area contributed by atoms with E-state index in [4.69, 9.17) is 14.8 Å². The van der Waals surface area contributed by atoms with Gasteiger partial charge in [-0.05, 0) is 44.9 Å². The van der Waals surface area contributed by atoms with E-state index >= 15 is 0 Å². The lowest BCUT2D eigenvalue weighted by Crippen LogP contribution is -2.45. The Bertz CT molecular complexity index is 897. The molecule has 0 aliphatic heterocycles. The molecule has 51 heavy (non-hydrogen) atoms. The summed E-state index contributed by atoms with van der Waals surface area (Å²) in [5, 5.41) is 13.6. The molecule has 0 rings (SSSR count). The predicted octanol–water partition coefficient (Wildman–Crippen LogP) is 11.6. The molecule has 3 atom stereocenters. The Morgan fingerprint density at radius 1 is 0.627 bits per heavy atom. The first kappa shape index (κ1) is 49.7. The molecule has 1 amide bonds. The highest BCUT2D eigenvalue weighted by Gasteiger charge is 2.26. The molecular formula is C42H81N2O6P. The number of carbonyl (C=O) groups excluding carboxylic acids is 1. The maximum atomic E-state index is 12.7. The zero-order valence-corrected chi connectivity index (χ0v) is 34.0. The van der Waals surface area contributed by atoms with Gasteiger partial charge in [0.1, 0.15) is 0 Å². The van der Waals surface area contributed by atoms with Crippen molar-refractivity contribution in [1.82, 2.24) is 5.32 Å². The van der Waals surface area contributed by atoms with Gasteiger partial charge in [-0.1, -0.05) is 179 Å². The fourth-order valence-corrected chi connectivity index (χ4v) is 6.75. The van der Waals surface area contributed by atoms with Gasteiger partial charge in [-0.3, -0.25) is 13.8 Å². The molecular weight excluding hydrogens is 659 g/mol. The van der Waals surface area contributed by atoms with Crippen LogP contribution >= 0.6 is 7.82 Å². The monoisotopic (exact) mass is 741 g/mol. The van der Waals surface area contributed by atoms with Gasteiger partial charge in [0, 0.05) is 13.0 Å². The summed E-state index contributed by atoms with van der Waals surface area (Å²) in [6, 6.07) is -0.879. The van der Waals surface area contributed by atoms with Crippen LogP contribution in [0.3, 0.4) is 0 Å². The van der Waals surface area contributed by atoms with Crippen molar-refractivity contribution in [3.05, 3.63) is 36.5 Å². The molecule has 0 spiro atoms. The fraction of sp³-hybridized carbons (Fsp3) is 0.833. The minimum Gasteiger partial charge on any atom is -0.387 e. The summed E-state index contributed by atoms with van der Waals surface area (Å²) >= 11 is 0. The van der Waals surface area contributed by atoms with E-state index in [1.807, 2.05) is 6.08 Å². The van der Waals surface area contributed by atoms with Crippen molar-refractivity contribution in [3.8, 4) is 0 Å². The lowest BCUT2D eigenvalue weighted by Gasteiger charge is -2.23. The number of phosphoric acid groups is 1. The first-order valence-corrected chi connectivity index (χ1v) is 22.6. The first-order chi connectivity index (χ1) is 24.9. The number of hydrogen-bond acceptors (Lipinski definition) is 6. The summed E-state index contributed by atoms with van der Waals surface area (Å²) in [5.41, 5.74) is 5.36. The summed E-state index contributed by atoms with van der Waals surface area (Å²) in [6.45, 7) is 4.09. The molecule has 0 aromatic rings. The number of unbranched alkanes of at least 4 members (excludes halogenated alkanes) is 23. The molecule has 0 saturated heterocycles. The third-order valence-electron chi connectivity index (χ3n) is 9.20. The molecule has 0 heterocycles. The quantitative estimate of drug-likeness (QED) is 0.0280. The number of carbonyl (C=O) groups is 1. The Kier molecular flexibility index (Phi) is 37.5. The van der Waals surface area contributed by atoms with Crippen molar-refractivity contribution in [2.24, 2.45) is 5.73 Å². The maximum Gasteiger partial charge on any atom is 0.472 e. The van der Waals surface area contributed by atoms with Crippen LogP contribution in [0.2, 0.25) is 0 Å². The van der Waals surface area contributed by atoms with E-state index in [1.165, 1.54) is 128 Å². The average molecular weight is 741 g/mol. The molecule has 0 saturated carbocycles. The van der Waals surface area contributed by atoms with Gasteiger partial charge in [-0.25, -0.2) is 4.57 Å². The zero-order chi connectivity index (χ0) is 37.5. The second-order valence-electron chi connectivity index (χ2n) is 14.2. The van der Waals surface area contributed by atoms with Gasteiger partial charge in [0.25, 0.3) is 0 Å². The van der Waals surface area contributed by atoms with Crippen LogP contribution < -0.4 is 11.1 Å². The second-order valence-corrected chi connectivity index (χ2v) is 15.6. The van der Waals surface area contributed by atoms with Crippen molar-refractivity contribution in [3.63, 3.8) is 0 Å². The number of nitrogens with one attached hydrogen (secondary N) is 1. The van der Waals surface area contributed by atoms with Crippen molar-refractivity contribution < 1.29 is 28.4 Å². The normalized spacial score (nSPS) is 14.5. The molecule has 3 unspecified atom stereocenters. The van der Waals surface area contributed by atoms with E-state index in [0.717, 1.165) is 44.9 Å². The second kappa shape index (κ2) is 38.4. The Morgan fingerprint density at radius 3 is 1.51 bits per heavy atom. The molecule has 0 bridgehead atoms. The highest BCUT2D eigenvalue weighted by Crippen LogP contribution is 2.43. The van der Waals surface area contributed by atoms with E-state index in [0.29, 0.717) is 6.42 Å². The summed E-state index contributed by atoms with van der Waals surface area (Å²) in [6.07, 6.45) is 44.8. The molecule has 0 fully saturated rings. The van der Waals surface area contributed by atoms with E-state index in [9.17, 15) is 19.4 Å². The number of nitrogens with two attached hydrogens (primary N) is 1. The van der Waals surface area contributed by atoms with Gasteiger partial charge < -0.3 is 21.1 Å². The van der Waals surface area contributed by atoms with E-state index in [-0.39, 0.29) is 25.7 Å². The molecule has 0 aromatic heterocycles. The molecule has 9 heteroatoms. The van der Waals surface area contributed by atoms with E-state index in [1.54, 1.807) is 6.08 Å². The number of aliphatic hydroxyl groups is 1. The Balaban J connectivity index is 4.26. The smallest absolute Gasteiger partial charge is 0.387 e. The lowest BCUT2D eigenvalue weighted by molar-refractivity contribution is -0.123. The summed E-state index contributed by atoms with van der Waals surface area (Å²) in [5.74, 6) is -0.207. The van der Waals surface area contributed by atoms with Gasteiger partial charge in [0.05, 0.1) is 25.4 Å². The first-order valence-electron chi connectivity index (χ1n) is 21.1. The van der Waals surface area contributed by atoms with Crippen LogP contribution in [-0.4, -0.2) is 47.8 Å². The summed E-state index contributed by atoms with van der Waals surface area (Å²) < 4.78 is 22.1. The van der Waals surface area contributed by atoms with Crippen LogP contribution in [0.4, 0.5) is 0 Å². The van der Waals surface area contributed by atoms with Crippen LogP contribution in [0.25, 0.3) is 0 Å². The number of aliphatic hydroxyl groups excluding tert-OH is 1. The minimum absolute atomic E-state index is 0.0725. The zero-order valence-electron chi connectivity index (χ0n) is 33.1. The van der Waals surface area contributed by atoms with Crippen LogP contribution in [0.5, 0.6) is 0 Å². The number of allylic oxidation sites excluding steroid dienone is 5. The number of rotatable bonds is 39. The van der Waals surface area contributed by atoms with Crippen LogP contribution in [0.15, 0.2) is 36.5 Å². The van der Waals surface area contributed by atoms with Crippen molar-refractivity contribution >= 4 is 13.7 Å². The van der Waals surface area contributed by atoms with E-state index in [2.05, 4.69) is 43.5 Å². The standard InChI is InChI=1S/C42H81N2O6P/c1-3-5-7-9-11-13-15-17-19-20-21-22-24-26-28-30-32-34-36-42(46)44-40(39-50-51(47,48)49-38-37-43)41(45)35-33-31-29-27-25-23-18-16-14-12-10-8-6-4-2/h14,16,25,27,33,35,40-41,45H,3-13,15,17-24,26,28-32,34,36-39,43H2,1-2H3,(H,44,46)(H,47,48)/b16-14+,27-25+,35-33+. The van der Waals surface area contributed by atoms with Crippen molar-refractivity contribution in [1.29, 1.82) is 0 Å². The van der Waals surface area contributed by atoms with Crippen molar-refractivity contribution in [2.75, 3.05) is 19.8 Å². The molecule has 0 radical (unpaired) electrons. The number of amides is 1. The average Bonchev–Trinajstić information content (AvgIpc) is 3.12. The van der Waals surface area contributed by atoms with Crippen LogP contribution in [0, 0.1) is 0 Å². The van der Waals surface area contributed by atoms with Gasteiger partial charge in [-0.2, -0.15) is 0 Å². The van der Waals surface area contributed by atoms with Crippen LogP contribution in [0.1, 0.15) is 194 Å². The lowest BCUT2D eigenvalue weighted by atomic mass is 10.0. The Labute approximate surface area is 314 Å². The van der Waals surface area contributed by atoms with Gasteiger partial charge in [-0.15, -0.1) is 0 Å². The van der Waals surface area contributed by atoms with Crippen molar-refractivity contribution in [2.45, 2.75) is 206 Å². The maximum absolute atomic E-state index is 12.7. The third kappa shape index (κ3) is 36.9. The highest BCUT2D eigenvalue weighted by atomic mass is 31.2. The highest BCUT2D eigenvalue weighted by molar-refractivity contribution is 7.47. The fourth-order valence-electron chi connectivity index (χ4n) is 5.99. The molecule has 0 aromatic carbocycles. The van der Waals surface area contributed by atoms with Crippen LogP contribution in [-0.2, 0) is 18.4 Å². The predicted molar refractivity (Wildman–Crippen MR) is 217 cm³/mol. The minimum atomic E-state index is -4.34. The number of phosphoric ester groups is 1. The molecule has 5 N–H and O–H groups in total. The summed E-state index contributed by atoms with van der Waals surface area (Å²) in [7, 11) is -4.34. The molecule has 300 valence electrons. The largest absolute Gasteiger partial charge is 0.472 e. The summed E-state index contributed by atoms with van der Waals surface area (Å²) in [4.78, 5) is 22.7. The third-order valence-corrected chi connectivity index (χ3v) is 10.2. The van der Waals surface area contributed by atoms with Gasteiger partial charge in [0.15, 0.2) is 0 Å². The molecule has 8 nitrogen and oxygen atoms in total. The molecule has 0 aliphatic rings. The Morgan fingerprint density at radius 2 is 1.04 bits per heavy atom. The van der Waals surface area contributed by atoms with Gasteiger partial charge in [0.2, 0.25) is 5.91 Å². The topological polar surface area (TPSA) is 131 Å². The molecule has 0 aliphatic carbocycles.